The van der Waals surface area contributed by atoms with Crippen molar-refractivity contribution in [2.24, 2.45) is 5.92 Å². The van der Waals surface area contributed by atoms with Gasteiger partial charge in [-0.25, -0.2) is 0 Å². The Hall–Kier alpha value is -2.67. The molecule has 7 heteroatoms. The summed E-state index contributed by atoms with van der Waals surface area (Å²) in [5, 5.41) is 5.02. The van der Waals surface area contributed by atoms with Gasteiger partial charge in [-0.3, -0.25) is 9.69 Å². The standard InChI is InChI=1S/C21H27N5O2/c1-14(2)12-25-9-6-10-26(13-19(25)20-22-15(3)24-28-20)21(27)18-11-16-7-4-5-8-17(16)23-18/h4-5,7-8,11,14,19,23H,6,9-10,12-13H2,1-3H3. The van der Waals surface area contributed by atoms with Gasteiger partial charge in [0.25, 0.3) is 5.91 Å². The van der Waals surface area contributed by atoms with E-state index in [1.165, 1.54) is 0 Å². The highest BCUT2D eigenvalue weighted by atomic mass is 16.5. The number of benzene rings is 1. The zero-order valence-electron chi connectivity index (χ0n) is 16.7. The summed E-state index contributed by atoms with van der Waals surface area (Å²) in [7, 11) is 0. The number of carbonyl (C=O) groups is 1. The lowest BCUT2D eigenvalue weighted by Crippen LogP contribution is -2.39. The van der Waals surface area contributed by atoms with Gasteiger partial charge in [0.05, 0.1) is 0 Å². The normalized spacial score (nSPS) is 18.7. The molecular formula is C21H27N5O2. The molecule has 0 bridgehead atoms. The molecule has 1 saturated heterocycles. The second kappa shape index (κ2) is 7.75. The molecule has 1 aromatic carbocycles. The third-order valence-electron chi connectivity index (χ3n) is 5.18. The molecule has 28 heavy (non-hydrogen) atoms. The van der Waals surface area contributed by atoms with Gasteiger partial charge >= 0.3 is 0 Å². The van der Waals surface area contributed by atoms with Crippen LogP contribution in [0.3, 0.4) is 0 Å². The van der Waals surface area contributed by atoms with Crippen molar-refractivity contribution in [3.8, 4) is 0 Å². The zero-order valence-corrected chi connectivity index (χ0v) is 16.7. The molecule has 1 atom stereocenters. The molecule has 0 radical (unpaired) electrons. The molecule has 1 amide bonds. The molecule has 0 aliphatic carbocycles. The van der Waals surface area contributed by atoms with Crippen molar-refractivity contribution < 1.29 is 9.32 Å². The summed E-state index contributed by atoms with van der Waals surface area (Å²) in [4.78, 5) is 25.3. The highest BCUT2D eigenvalue weighted by Gasteiger charge is 2.33. The van der Waals surface area contributed by atoms with Crippen LogP contribution in [0.4, 0.5) is 0 Å². The third kappa shape index (κ3) is 3.80. The molecule has 4 rings (SSSR count). The van der Waals surface area contributed by atoms with Crippen LogP contribution in [0.2, 0.25) is 0 Å². The molecule has 1 N–H and O–H groups in total. The van der Waals surface area contributed by atoms with E-state index in [0.29, 0.717) is 36.4 Å². The van der Waals surface area contributed by atoms with Crippen LogP contribution in [0.1, 0.15) is 48.5 Å². The van der Waals surface area contributed by atoms with E-state index in [1.54, 1.807) is 0 Å². The van der Waals surface area contributed by atoms with Gasteiger partial charge in [-0.05, 0) is 31.4 Å². The molecule has 2 aromatic heterocycles. The Balaban J connectivity index is 1.61. The molecule has 3 heterocycles. The summed E-state index contributed by atoms with van der Waals surface area (Å²) < 4.78 is 5.50. The summed E-state index contributed by atoms with van der Waals surface area (Å²) in [5.41, 5.74) is 1.60. The van der Waals surface area contributed by atoms with Crippen molar-refractivity contribution in [3.63, 3.8) is 0 Å². The van der Waals surface area contributed by atoms with Crippen molar-refractivity contribution in [2.45, 2.75) is 33.2 Å². The van der Waals surface area contributed by atoms with E-state index in [-0.39, 0.29) is 11.9 Å². The minimum Gasteiger partial charge on any atom is -0.351 e. The van der Waals surface area contributed by atoms with Crippen molar-refractivity contribution in [3.05, 3.63) is 47.7 Å². The molecule has 0 saturated carbocycles. The highest BCUT2D eigenvalue weighted by Crippen LogP contribution is 2.26. The van der Waals surface area contributed by atoms with Crippen LogP contribution in [-0.4, -0.2) is 57.0 Å². The number of rotatable bonds is 4. The van der Waals surface area contributed by atoms with E-state index in [4.69, 9.17) is 4.52 Å². The number of hydrogen-bond acceptors (Lipinski definition) is 5. The largest absolute Gasteiger partial charge is 0.351 e. The topological polar surface area (TPSA) is 78.3 Å². The number of fused-ring (bicyclic) bond motifs is 1. The average Bonchev–Trinajstić information content (AvgIpc) is 3.23. The number of nitrogens with one attached hydrogen (secondary N) is 1. The van der Waals surface area contributed by atoms with E-state index in [9.17, 15) is 4.79 Å². The van der Waals surface area contributed by atoms with Crippen molar-refractivity contribution in [1.82, 2.24) is 24.9 Å². The molecular weight excluding hydrogens is 354 g/mol. The number of nitrogens with zero attached hydrogens (tertiary/aromatic N) is 4. The van der Waals surface area contributed by atoms with E-state index >= 15 is 0 Å². The molecule has 1 aliphatic heterocycles. The van der Waals surface area contributed by atoms with Gasteiger partial charge in [-0.2, -0.15) is 4.98 Å². The first-order valence-corrected chi connectivity index (χ1v) is 9.92. The van der Waals surface area contributed by atoms with Crippen LogP contribution < -0.4 is 0 Å². The molecule has 1 aliphatic rings. The van der Waals surface area contributed by atoms with Crippen LogP contribution in [0, 0.1) is 12.8 Å². The van der Waals surface area contributed by atoms with Gasteiger partial charge in [0, 0.05) is 37.1 Å². The first kappa shape index (κ1) is 18.7. The van der Waals surface area contributed by atoms with Gasteiger partial charge in [0.15, 0.2) is 5.82 Å². The number of carbonyl (C=O) groups excluding carboxylic acids is 1. The second-order valence-corrected chi connectivity index (χ2v) is 7.96. The number of aromatic nitrogens is 3. The predicted octanol–water partition coefficient (Wildman–Crippen LogP) is 3.40. The minimum atomic E-state index is -0.0839. The van der Waals surface area contributed by atoms with Gasteiger partial charge in [0.2, 0.25) is 5.89 Å². The first-order chi connectivity index (χ1) is 13.5. The van der Waals surface area contributed by atoms with E-state index in [0.717, 1.165) is 30.4 Å². The lowest BCUT2D eigenvalue weighted by Gasteiger charge is -2.30. The van der Waals surface area contributed by atoms with Crippen LogP contribution >= 0.6 is 0 Å². The second-order valence-electron chi connectivity index (χ2n) is 7.96. The maximum absolute atomic E-state index is 13.2. The number of amides is 1. The van der Waals surface area contributed by atoms with Crippen LogP contribution in [-0.2, 0) is 0 Å². The molecule has 1 unspecified atom stereocenters. The van der Waals surface area contributed by atoms with E-state index < -0.39 is 0 Å². The lowest BCUT2D eigenvalue weighted by molar-refractivity contribution is 0.0704. The maximum atomic E-state index is 13.2. The molecule has 148 valence electrons. The third-order valence-corrected chi connectivity index (χ3v) is 5.18. The summed E-state index contributed by atoms with van der Waals surface area (Å²) in [6.07, 6.45) is 0.919. The first-order valence-electron chi connectivity index (χ1n) is 9.92. The smallest absolute Gasteiger partial charge is 0.270 e. The summed E-state index contributed by atoms with van der Waals surface area (Å²) >= 11 is 0. The van der Waals surface area contributed by atoms with Crippen LogP contribution in [0.5, 0.6) is 0 Å². The van der Waals surface area contributed by atoms with Crippen molar-refractivity contribution in [1.29, 1.82) is 0 Å². The number of H-pyrrole nitrogens is 1. The molecule has 1 fully saturated rings. The Morgan fingerprint density at radius 3 is 2.86 bits per heavy atom. The maximum Gasteiger partial charge on any atom is 0.270 e. The zero-order chi connectivity index (χ0) is 19.7. The number of aryl methyl sites for hydroxylation is 1. The molecule has 7 nitrogen and oxygen atoms in total. The Labute approximate surface area is 164 Å². The van der Waals surface area contributed by atoms with Crippen LogP contribution in [0.15, 0.2) is 34.9 Å². The van der Waals surface area contributed by atoms with E-state index in [2.05, 4.69) is 33.9 Å². The Kier molecular flexibility index (Phi) is 5.17. The molecule has 3 aromatic rings. The SMILES string of the molecule is Cc1noc(C2CN(C(=O)c3cc4ccccc4[nH]3)CCCN2CC(C)C)n1. The summed E-state index contributed by atoms with van der Waals surface area (Å²) in [6, 6.07) is 9.80. The van der Waals surface area contributed by atoms with Gasteiger partial charge in [-0.1, -0.05) is 37.2 Å². The van der Waals surface area contributed by atoms with E-state index in [1.807, 2.05) is 42.2 Å². The van der Waals surface area contributed by atoms with Gasteiger partial charge < -0.3 is 14.4 Å². The summed E-state index contributed by atoms with van der Waals surface area (Å²) in [5.74, 6) is 1.75. The summed E-state index contributed by atoms with van der Waals surface area (Å²) in [6.45, 7) is 9.32. The number of para-hydroxylation sites is 1. The Morgan fingerprint density at radius 1 is 1.32 bits per heavy atom. The fraction of sp³-hybridized carbons (Fsp3) is 0.476. The number of aromatic amines is 1. The quantitative estimate of drug-likeness (QED) is 0.749. The van der Waals surface area contributed by atoms with Gasteiger partial charge in [-0.15, -0.1) is 0 Å². The minimum absolute atomic E-state index is 0.0174. The molecule has 0 spiro atoms. The average molecular weight is 381 g/mol. The van der Waals surface area contributed by atoms with Gasteiger partial charge in [0.1, 0.15) is 11.7 Å². The fourth-order valence-corrected chi connectivity index (χ4v) is 3.95. The highest BCUT2D eigenvalue weighted by molar-refractivity contribution is 5.98. The Bertz CT molecular complexity index is 928. The lowest BCUT2D eigenvalue weighted by atomic mass is 10.1. The Morgan fingerprint density at radius 2 is 2.14 bits per heavy atom. The predicted molar refractivity (Wildman–Crippen MR) is 107 cm³/mol. The number of hydrogen-bond donors (Lipinski definition) is 1. The van der Waals surface area contributed by atoms with Crippen LogP contribution in [0.25, 0.3) is 10.9 Å². The van der Waals surface area contributed by atoms with Crippen molar-refractivity contribution in [2.75, 3.05) is 26.2 Å². The van der Waals surface area contributed by atoms with Crippen molar-refractivity contribution >= 4 is 16.8 Å². The fourth-order valence-electron chi connectivity index (χ4n) is 3.95. The monoisotopic (exact) mass is 381 g/mol.